The Kier molecular flexibility index (Phi) is 5.05. The predicted molar refractivity (Wildman–Crippen MR) is 77.0 cm³/mol. The Balaban J connectivity index is 2.04. The lowest BCUT2D eigenvalue weighted by Crippen LogP contribution is -2.50. The van der Waals surface area contributed by atoms with E-state index in [0.717, 1.165) is 12.8 Å². The van der Waals surface area contributed by atoms with Gasteiger partial charge in [-0.2, -0.15) is 0 Å². The van der Waals surface area contributed by atoms with Gasteiger partial charge in [-0.3, -0.25) is 4.79 Å². The van der Waals surface area contributed by atoms with Gasteiger partial charge in [0.05, 0.1) is 12.5 Å². The topological polar surface area (TPSA) is 84.3 Å². The fourth-order valence-corrected chi connectivity index (χ4v) is 3.39. The number of nitrogens with zero attached hydrogens (tertiary/aromatic N) is 3. The highest BCUT2D eigenvalue weighted by Crippen LogP contribution is 2.26. The average molecular weight is 299 g/mol. The molecule has 0 aliphatic carbocycles. The number of carbonyl (C=O) groups excluding carboxylic acids is 1. The zero-order valence-corrected chi connectivity index (χ0v) is 12.7. The second-order valence-corrected chi connectivity index (χ2v) is 6.33. The van der Waals surface area contributed by atoms with E-state index in [9.17, 15) is 14.7 Å². The first-order valence-corrected chi connectivity index (χ1v) is 7.50. The van der Waals surface area contributed by atoms with Crippen LogP contribution in [0.15, 0.2) is 0 Å². The number of carboxylic acid groups (broad SMARTS) is 1. The minimum Gasteiger partial charge on any atom is -0.481 e. The lowest BCUT2D eigenvalue weighted by Gasteiger charge is -2.33. The van der Waals surface area contributed by atoms with Crippen LogP contribution in [0.25, 0.3) is 0 Å². The van der Waals surface area contributed by atoms with Crippen LogP contribution < -0.4 is 0 Å². The largest absolute Gasteiger partial charge is 0.481 e. The zero-order valence-electron chi connectivity index (χ0n) is 12.7. The maximum atomic E-state index is 12.7. The molecule has 0 bridgehead atoms. The van der Waals surface area contributed by atoms with Crippen molar-refractivity contribution < 1.29 is 19.8 Å². The van der Waals surface area contributed by atoms with Crippen LogP contribution in [-0.4, -0.2) is 88.8 Å². The molecule has 0 radical (unpaired) electrons. The number of hydrogen-bond donors (Lipinski definition) is 2. The summed E-state index contributed by atoms with van der Waals surface area (Å²) in [6.45, 7) is 1.66. The molecule has 120 valence electrons. The molecule has 3 atom stereocenters. The lowest BCUT2D eigenvalue weighted by molar-refractivity contribution is -0.138. The van der Waals surface area contributed by atoms with Gasteiger partial charge in [0.2, 0.25) is 0 Å². The molecule has 7 heteroatoms. The molecule has 2 N–H and O–H groups in total. The van der Waals surface area contributed by atoms with Gasteiger partial charge >= 0.3 is 12.0 Å². The maximum absolute atomic E-state index is 12.7. The van der Waals surface area contributed by atoms with E-state index in [2.05, 4.69) is 0 Å². The van der Waals surface area contributed by atoms with Gasteiger partial charge in [-0.25, -0.2) is 4.79 Å². The zero-order chi connectivity index (χ0) is 15.6. The Labute approximate surface area is 125 Å². The van der Waals surface area contributed by atoms with Gasteiger partial charge in [-0.05, 0) is 33.4 Å². The SMILES string of the molecule is CN(C)CC1CC(O)CN1C(=O)N1CCCC1CC(=O)O. The fourth-order valence-electron chi connectivity index (χ4n) is 3.39. The van der Waals surface area contributed by atoms with Crippen LogP contribution in [0, 0.1) is 0 Å². The van der Waals surface area contributed by atoms with Gasteiger partial charge in [0, 0.05) is 31.7 Å². The summed E-state index contributed by atoms with van der Waals surface area (Å²) in [5, 5.41) is 18.8. The number of urea groups is 1. The normalized spacial score (nSPS) is 29.4. The van der Waals surface area contributed by atoms with E-state index in [4.69, 9.17) is 5.11 Å². The molecule has 2 fully saturated rings. The Morgan fingerprint density at radius 3 is 2.57 bits per heavy atom. The van der Waals surface area contributed by atoms with Crippen LogP contribution in [0.3, 0.4) is 0 Å². The molecule has 0 saturated carbocycles. The minimum absolute atomic E-state index is 0.000477. The van der Waals surface area contributed by atoms with Crippen LogP contribution in [-0.2, 0) is 4.79 Å². The molecule has 21 heavy (non-hydrogen) atoms. The molecule has 2 heterocycles. The molecule has 2 aliphatic heterocycles. The first kappa shape index (κ1) is 16.0. The highest BCUT2D eigenvalue weighted by Gasteiger charge is 2.40. The van der Waals surface area contributed by atoms with Gasteiger partial charge in [-0.15, -0.1) is 0 Å². The molecule has 3 unspecified atom stereocenters. The van der Waals surface area contributed by atoms with Crippen LogP contribution in [0.5, 0.6) is 0 Å². The molecule has 0 spiro atoms. The third kappa shape index (κ3) is 3.85. The molecular formula is C14H25N3O4. The maximum Gasteiger partial charge on any atom is 0.320 e. The number of likely N-dealkylation sites (N-methyl/N-ethyl adjacent to an activating group) is 1. The number of carboxylic acids is 1. The number of aliphatic hydroxyl groups excluding tert-OH is 1. The fraction of sp³-hybridized carbons (Fsp3) is 0.857. The van der Waals surface area contributed by atoms with Crippen molar-refractivity contribution in [2.75, 3.05) is 33.7 Å². The summed E-state index contributed by atoms with van der Waals surface area (Å²) in [6.07, 6.45) is 1.69. The van der Waals surface area contributed by atoms with Gasteiger partial charge < -0.3 is 24.9 Å². The number of likely N-dealkylation sites (tertiary alicyclic amines) is 2. The molecule has 2 saturated heterocycles. The summed E-state index contributed by atoms with van der Waals surface area (Å²) >= 11 is 0. The number of rotatable bonds is 4. The molecule has 0 aromatic rings. The number of aliphatic hydroxyl groups is 1. The van der Waals surface area contributed by atoms with E-state index in [1.54, 1.807) is 9.80 Å². The summed E-state index contributed by atoms with van der Waals surface area (Å²) in [7, 11) is 3.88. The Morgan fingerprint density at radius 2 is 1.95 bits per heavy atom. The van der Waals surface area contributed by atoms with Crippen molar-refractivity contribution in [2.24, 2.45) is 0 Å². The van der Waals surface area contributed by atoms with Crippen molar-refractivity contribution in [3.8, 4) is 0 Å². The Morgan fingerprint density at radius 1 is 1.24 bits per heavy atom. The molecule has 0 aromatic carbocycles. The summed E-state index contributed by atoms with van der Waals surface area (Å²) in [5.74, 6) is -0.869. The monoisotopic (exact) mass is 299 g/mol. The lowest BCUT2D eigenvalue weighted by atomic mass is 10.1. The first-order chi connectivity index (χ1) is 9.88. The molecular weight excluding hydrogens is 274 g/mol. The molecule has 2 amide bonds. The van der Waals surface area contributed by atoms with Crippen molar-refractivity contribution in [1.82, 2.24) is 14.7 Å². The number of hydrogen-bond acceptors (Lipinski definition) is 4. The quantitative estimate of drug-likeness (QED) is 0.766. The second-order valence-electron chi connectivity index (χ2n) is 6.33. The Hall–Kier alpha value is -1.34. The van der Waals surface area contributed by atoms with Crippen molar-refractivity contribution in [3.05, 3.63) is 0 Å². The second kappa shape index (κ2) is 6.62. The van der Waals surface area contributed by atoms with Gasteiger partial charge in [-0.1, -0.05) is 0 Å². The van der Waals surface area contributed by atoms with Crippen LogP contribution >= 0.6 is 0 Å². The summed E-state index contributed by atoms with van der Waals surface area (Å²) in [5.41, 5.74) is 0. The van der Waals surface area contributed by atoms with E-state index in [-0.39, 0.29) is 24.5 Å². The number of amides is 2. The van der Waals surface area contributed by atoms with Crippen molar-refractivity contribution in [3.63, 3.8) is 0 Å². The number of β-amino-alcohol motifs (C(OH)–C–C–N with tert-alkyl or cyclic N) is 1. The smallest absolute Gasteiger partial charge is 0.320 e. The Bertz CT molecular complexity index is 402. The van der Waals surface area contributed by atoms with E-state index in [1.165, 1.54) is 0 Å². The van der Waals surface area contributed by atoms with Crippen LogP contribution in [0.4, 0.5) is 4.79 Å². The van der Waals surface area contributed by atoms with E-state index in [1.807, 2.05) is 19.0 Å². The van der Waals surface area contributed by atoms with Gasteiger partial charge in [0.25, 0.3) is 0 Å². The minimum atomic E-state index is -0.869. The molecule has 7 nitrogen and oxygen atoms in total. The predicted octanol–water partition coefficient (Wildman–Crippen LogP) is 0.0423. The summed E-state index contributed by atoms with van der Waals surface area (Å²) in [4.78, 5) is 29.0. The van der Waals surface area contributed by atoms with Crippen molar-refractivity contribution in [2.45, 2.75) is 43.9 Å². The molecule has 2 rings (SSSR count). The van der Waals surface area contributed by atoms with E-state index < -0.39 is 12.1 Å². The first-order valence-electron chi connectivity index (χ1n) is 7.50. The average Bonchev–Trinajstić information content (AvgIpc) is 2.94. The van der Waals surface area contributed by atoms with Crippen LogP contribution in [0.2, 0.25) is 0 Å². The standard InChI is InChI=1S/C14H25N3O4/c1-15(2)8-11-6-12(18)9-17(11)14(21)16-5-3-4-10(16)7-13(19)20/h10-12,18H,3-9H2,1-2H3,(H,19,20). The van der Waals surface area contributed by atoms with Crippen LogP contribution in [0.1, 0.15) is 25.7 Å². The summed E-state index contributed by atoms with van der Waals surface area (Å²) < 4.78 is 0. The van der Waals surface area contributed by atoms with Gasteiger partial charge in [0.15, 0.2) is 0 Å². The highest BCUT2D eigenvalue weighted by atomic mass is 16.4. The third-order valence-corrected chi connectivity index (χ3v) is 4.25. The van der Waals surface area contributed by atoms with E-state index >= 15 is 0 Å². The molecule has 0 aromatic heterocycles. The van der Waals surface area contributed by atoms with Crippen molar-refractivity contribution in [1.29, 1.82) is 0 Å². The summed E-state index contributed by atoms with van der Waals surface area (Å²) in [6, 6.07) is -0.344. The number of carbonyl (C=O) groups is 2. The van der Waals surface area contributed by atoms with E-state index in [0.29, 0.717) is 26.1 Å². The van der Waals surface area contributed by atoms with Gasteiger partial charge in [0.1, 0.15) is 0 Å². The number of aliphatic carboxylic acids is 1. The highest BCUT2D eigenvalue weighted by molar-refractivity contribution is 5.77. The molecule has 2 aliphatic rings. The third-order valence-electron chi connectivity index (χ3n) is 4.25. The van der Waals surface area contributed by atoms with Crippen molar-refractivity contribution >= 4 is 12.0 Å².